The number of aliphatic imine (C=N–C) groups is 1. The van der Waals surface area contributed by atoms with Crippen molar-refractivity contribution in [1.82, 2.24) is 10.2 Å². The molecule has 0 amide bonds. The Bertz CT molecular complexity index is 628. The number of nitrogens with one attached hydrogen (secondary N) is 1. The van der Waals surface area contributed by atoms with Crippen LogP contribution in [0.15, 0.2) is 35.3 Å². The number of nitrogens with zero attached hydrogens (tertiary/aromatic N) is 2. The summed E-state index contributed by atoms with van der Waals surface area (Å²) in [5.74, 6) is 2.50. The van der Waals surface area contributed by atoms with Gasteiger partial charge in [-0.15, -0.1) is 24.0 Å². The van der Waals surface area contributed by atoms with Crippen molar-refractivity contribution < 1.29 is 9.47 Å². The van der Waals surface area contributed by atoms with Crippen LogP contribution < -0.4 is 5.32 Å². The number of halogens is 1. The van der Waals surface area contributed by atoms with Gasteiger partial charge in [0.05, 0.1) is 18.8 Å². The maximum atomic E-state index is 6.14. The van der Waals surface area contributed by atoms with Gasteiger partial charge in [0.1, 0.15) is 0 Å². The Morgan fingerprint density at radius 3 is 2.66 bits per heavy atom. The lowest BCUT2D eigenvalue weighted by molar-refractivity contribution is -0.0721. The van der Waals surface area contributed by atoms with E-state index in [1.807, 2.05) is 7.05 Å². The second-order valence-corrected chi connectivity index (χ2v) is 8.45. The Kier molecular flexibility index (Phi) is 9.06. The highest BCUT2D eigenvalue weighted by Gasteiger charge is 2.38. The van der Waals surface area contributed by atoms with Crippen molar-refractivity contribution in [3.8, 4) is 0 Å². The standard InChI is InChI=1S/C23H35N3O2.HI/c1-24-23(25-16-19-15-22(19)18-7-3-2-4-8-18)26-12-10-20(11-13-26)28-17-21-9-5-6-14-27-21;/h2-4,7-8,19-22H,5-6,9-17H2,1H3,(H,24,25);1H. The van der Waals surface area contributed by atoms with E-state index in [0.717, 1.165) is 64.0 Å². The zero-order chi connectivity index (χ0) is 19.2. The number of guanidine groups is 1. The average molecular weight is 513 g/mol. The van der Waals surface area contributed by atoms with Crippen LogP contribution in [0, 0.1) is 5.92 Å². The molecule has 3 aliphatic rings. The normalized spacial score (nSPS) is 28.0. The van der Waals surface area contributed by atoms with E-state index in [2.05, 4.69) is 45.5 Å². The topological polar surface area (TPSA) is 46.1 Å². The molecule has 2 heterocycles. The summed E-state index contributed by atoms with van der Waals surface area (Å²) in [5.41, 5.74) is 1.48. The molecule has 0 radical (unpaired) electrons. The van der Waals surface area contributed by atoms with E-state index in [-0.39, 0.29) is 24.0 Å². The molecular weight excluding hydrogens is 477 g/mol. The predicted octanol–water partition coefficient (Wildman–Crippen LogP) is 4.03. The molecule has 1 saturated carbocycles. The number of ether oxygens (including phenoxy) is 2. The van der Waals surface area contributed by atoms with Gasteiger partial charge in [-0.05, 0) is 55.9 Å². The molecule has 0 spiro atoms. The van der Waals surface area contributed by atoms with Crippen molar-refractivity contribution in [2.24, 2.45) is 10.9 Å². The molecule has 6 heteroatoms. The lowest BCUT2D eigenvalue weighted by Gasteiger charge is -2.35. The molecule has 1 aromatic carbocycles. The van der Waals surface area contributed by atoms with E-state index < -0.39 is 0 Å². The Morgan fingerprint density at radius 1 is 1.17 bits per heavy atom. The van der Waals surface area contributed by atoms with Gasteiger partial charge >= 0.3 is 0 Å². The summed E-state index contributed by atoms with van der Waals surface area (Å²) >= 11 is 0. The third kappa shape index (κ3) is 6.56. The molecule has 3 fully saturated rings. The van der Waals surface area contributed by atoms with Crippen molar-refractivity contribution >= 4 is 29.9 Å². The maximum Gasteiger partial charge on any atom is 0.193 e. The van der Waals surface area contributed by atoms with Crippen LogP contribution in [0.25, 0.3) is 0 Å². The van der Waals surface area contributed by atoms with Gasteiger partial charge in [-0.1, -0.05) is 30.3 Å². The second kappa shape index (κ2) is 11.5. The summed E-state index contributed by atoms with van der Waals surface area (Å²) in [4.78, 5) is 6.91. The van der Waals surface area contributed by atoms with Crippen molar-refractivity contribution in [2.75, 3.05) is 39.9 Å². The highest BCUT2D eigenvalue weighted by Crippen LogP contribution is 2.46. The van der Waals surface area contributed by atoms with Crippen LogP contribution in [-0.2, 0) is 9.47 Å². The summed E-state index contributed by atoms with van der Waals surface area (Å²) < 4.78 is 11.9. The first-order valence-electron chi connectivity index (χ1n) is 11.1. The molecule has 162 valence electrons. The molecule has 1 N–H and O–H groups in total. The number of piperidine rings is 1. The van der Waals surface area contributed by atoms with E-state index >= 15 is 0 Å². The Balaban J connectivity index is 0.00000240. The fraction of sp³-hybridized carbons (Fsp3) is 0.696. The van der Waals surface area contributed by atoms with Crippen LogP contribution in [0.5, 0.6) is 0 Å². The minimum atomic E-state index is 0. The van der Waals surface area contributed by atoms with Gasteiger partial charge in [0.2, 0.25) is 0 Å². The van der Waals surface area contributed by atoms with Crippen LogP contribution >= 0.6 is 24.0 Å². The van der Waals surface area contributed by atoms with E-state index in [0.29, 0.717) is 18.1 Å². The number of benzene rings is 1. The smallest absolute Gasteiger partial charge is 0.193 e. The van der Waals surface area contributed by atoms with Gasteiger partial charge in [0.15, 0.2) is 5.96 Å². The van der Waals surface area contributed by atoms with E-state index in [4.69, 9.17) is 9.47 Å². The molecule has 2 saturated heterocycles. The molecule has 1 aromatic rings. The first-order chi connectivity index (χ1) is 13.8. The number of hydrogen-bond acceptors (Lipinski definition) is 3. The first-order valence-corrected chi connectivity index (χ1v) is 11.1. The Hall–Kier alpha value is -0.860. The van der Waals surface area contributed by atoms with Gasteiger partial charge in [-0.2, -0.15) is 0 Å². The highest BCUT2D eigenvalue weighted by molar-refractivity contribution is 14.0. The minimum absolute atomic E-state index is 0. The van der Waals surface area contributed by atoms with Crippen molar-refractivity contribution in [3.63, 3.8) is 0 Å². The van der Waals surface area contributed by atoms with Crippen LogP contribution in [0.1, 0.15) is 50.0 Å². The highest BCUT2D eigenvalue weighted by atomic mass is 127. The summed E-state index contributed by atoms with van der Waals surface area (Å²) in [5, 5.41) is 3.61. The predicted molar refractivity (Wildman–Crippen MR) is 128 cm³/mol. The number of likely N-dealkylation sites (tertiary alicyclic amines) is 1. The SMILES string of the molecule is CN=C(NCC1CC1c1ccccc1)N1CCC(OCC2CCCCO2)CC1.I. The van der Waals surface area contributed by atoms with Gasteiger partial charge in [-0.25, -0.2) is 0 Å². The first kappa shape index (κ1) is 22.8. The lowest BCUT2D eigenvalue weighted by atomic mass is 10.1. The molecule has 0 bridgehead atoms. The summed E-state index contributed by atoms with van der Waals surface area (Å²) in [7, 11) is 1.90. The minimum Gasteiger partial charge on any atom is -0.376 e. The quantitative estimate of drug-likeness (QED) is 0.355. The molecule has 3 atom stereocenters. The zero-order valence-electron chi connectivity index (χ0n) is 17.6. The average Bonchev–Trinajstić information content (AvgIpc) is 3.55. The van der Waals surface area contributed by atoms with Crippen molar-refractivity contribution in [1.29, 1.82) is 0 Å². The molecule has 29 heavy (non-hydrogen) atoms. The maximum absolute atomic E-state index is 6.14. The molecule has 1 aliphatic carbocycles. The molecular formula is C23H36IN3O2. The number of hydrogen-bond donors (Lipinski definition) is 1. The largest absolute Gasteiger partial charge is 0.376 e. The molecule has 0 aromatic heterocycles. The van der Waals surface area contributed by atoms with Gasteiger partial charge in [0, 0.05) is 33.3 Å². The van der Waals surface area contributed by atoms with Gasteiger partial charge in [0.25, 0.3) is 0 Å². The van der Waals surface area contributed by atoms with Crippen LogP contribution in [0.2, 0.25) is 0 Å². The third-order valence-corrected chi connectivity index (χ3v) is 6.42. The molecule has 2 aliphatic heterocycles. The fourth-order valence-corrected chi connectivity index (χ4v) is 4.55. The lowest BCUT2D eigenvalue weighted by Crippen LogP contribution is -2.47. The fourth-order valence-electron chi connectivity index (χ4n) is 4.55. The summed E-state index contributed by atoms with van der Waals surface area (Å²) in [6, 6.07) is 10.9. The van der Waals surface area contributed by atoms with Crippen LogP contribution in [0.4, 0.5) is 0 Å². The van der Waals surface area contributed by atoms with Gasteiger partial charge < -0.3 is 19.7 Å². The van der Waals surface area contributed by atoms with E-state index in [1.165, 1.54) is 24.8 Å². The molecule has 3 unspecified atom stereocenters. The van der Waals surface area contributed by atoms with E-state index in [1.54, 1.807) is 0 Å². The number of rotatable bonds is 6. The van der Waals surface area contributed by atoms with E-state index in [9.17, 15) is 0 Å². The monoisotopic (exact) mass is 513 g/mol. The summed E-state index contributed by atoms with van der Waals surface area (Å²) in [6.45, 7) is 4.72. The third-order valence-electron chi connectivity index (χ3n) is 6.42. The Morgan fingerprint density at radius 2 is 1.97 bits per heavy atom. The van der Waals surface area contributed by atoms with Crippen LogP contribution in [0.3, 0.4) is 0 Å². The Labute approximate surface area is 192 Å². The molecule has 5 nitrogen and oxygen atoms in total. The second-order valence-electron chi connectivity index (χ2n) is 8.45. The zero-order valence-corrected chi connectivity index (χ0v) is 19.9. The van der Waals surface area contributed by atoms with Gasteiger partial charge in [-0.3, -0.25) is 4.99 Å². The summed E-state index contributed by atoms with van der Waals surface area (Å²) in [6.07, 6.45) is 7.75. The van der Waals surface area contributed by atoms with Crippen molar-refractivity contribution in [3.05, 3.63) is 35.9 Å². The molecule has 4 rings (SSSR count). The van der Waals surface area contributed by atoms with Crippen molar-refractivity contribution in [2.45, 2.75) is 56.7 Å². The van der Waals surface area contributed by atoms with Crippen LogP contribution in [-0.4, -0.2) is 63.0 Å².